The first-order valence-corrected chi connectivity index (χ1v) is 11.9. The van der Waals surface area contributed by atoms with Crippen molar-refractivity contribution in [2.75, 3.05) is 31.5 Å². The molecule has 2 bridgehead atoms. The van der Waals surface area contributed by atoms with Crippen LogP contribution in [0.4, 0.5) is 11.4 Å². The standard InChI is InChI=1S/C27H27N3O5S/c1-27-23(25(31)28-16-9-11-17(32-2)12-10-16)24(19-15-18(33-3)13-14-21(19)35-27)29-26(36)30(27)20-7-5-6-8-22(20)34-4/h5-15,23-24H,1-4H3,(H,28,31)(H,29,36)/t23-,24-,27-/m1/s1. The number of rotatable bonds is 6. The number of amides is 1. The molecule has 1 amide bonds. The van der Waals surface area contributed by atoms with Crippen LogP contribution >= 0.6 is 12.2 Å². The molecule has 3 aromatic carbocycles. The van der Waals surface area contributed by atoms with E-state index in [4.69, 9.17) is 31.2 Å². The van der Waals surface area contributed by atoms with E-state index in [2.05, 4.69) is 10.6 Å². The second-order valence-corrected chi connectivity index (χ2v) is 9.08. The smallest absolute Gasteiger partial charge is 0.236 e. The zero-order chi connectivity index (χ0) is 25.4. The second kappa shape index (κ2) is 9.23. The topological polar surface area (TPSA) is 81.3 Å². The number of carbonyl (C=O) groups excluding carboxylic acids is 1. The molecule has 9 heteroatoms. The van der Waals surface area contributed by atoms with Gasteiger partial charge in [0.05, 0.1) is 33.1 Å². The van der Waals surface area contributed by atoms with Crippen molar-refractivity contribution in [3.63, 3.8) is 0 Å². The summed E-state index contributed by atoms with van der Waals surface area (Å²) in [5, 5.41) is 6.87. The van der Waals surface area contributed by atoms with Gasteiger partial charge in [0.1, 0.15) is 28.9 Å². The number of hydrogen-bond donors (Lipinski definition) is 2. The average molecular weight is 506 g/mol. The molecule has 2 aliphatic heterocycles. The molecular formula is C27H27N3O5S. The fourth-order valence-corrected chi connectivity index (χ4v) is 5.37. The van der Waals surface area contributed by atoms with E-state index in [1.807, 2.05) is 54.3 Å². The van der Waals surface area contributed by atoms with Crippen LogP contribution in [0.3, 0.4) is 0 Å². The Morgan fingerprint density at radius 2 is 1.69 bits per heavy atom. The van der Waals surface area contributed by atoms with Crippen LogP contribution in [0.2, 0.25) is 0 Å². The van der Waals surface area contributed by atoms with E-state index in [-0.39, 0.29) is 5.91 Å². The Bertz CT molecular complexity index is 1320. The predicted octanol–water partition coefficient (Wildman–Crippen LogP) is 4.51. The first-order valence-electron chi connectivity index (χ1n) is 11.4. The number of fused-ring (bicyclic) bond motifs is 4. The van der Waals surface area contributed by atoms with Crippen LogP contribution in [0.5, 0.6) is 23.0 Å². The highest BCUT2D eigenvalue weighted by Crippen LogP contribution is 2.51. The summed E-state index contributed by atoms with van der Waals surface area (Å²) in [5.74, 6) is 1.70. The van der Waals surface area contributed by atoms with Crippen molar-refractivity contribution >= 4 is 34.6 Å². The zero-order valence-electron chi connectivity index (χ0n) is 20.4. The van der Waals surface area contributed by atoms with Gasteiger partial charge in [-0.1, -0.05) is 12.1 Å². The normalized spacial score (nSPS) is 22.0. The van der Waals surface area contributed by atoms with Crippen LogP contribution in [-0.4, -0.2) is 38.1 Å². The molecule has 0 saturated carbocycles. The Morgan fingerprint density at radius 1 is 1.00 bits per heavy atom. The predicted molar refractivity (Wildman–Crippen MR) is 141 cm³/mol. The highest BCUT2D eigenvalue weighted by atomic mass is 32.1. The van der Waals surface area contributed by atoms with Gasteiger partial charge in [-0.2, -0.15) is 0 Å². The number of thiocarbonyl (C=S) groups is 1. The lowest BCUT2D eigenvalue weighted by molar-refractivity contribution is -0.130. The Balaban J connectivity index is 1.62. The summed E-state index contributed by atoms with van der Waals surface area (Å²) >= 11 is 5.83. The maximum atomic E-state index is 13.9. The quantitative estimate of drug-likeness (QED) is 0.474. The molecule has 2 N–H and O–H groups in total. The second-order valence-electron chi connectivity index (χ2n) is 8.69. The van der Waals surface area contributed by atoms with Crippen LogP contribution in [0.25, 0.3) is 0 Å². The Morgan fingerprint density at radius 3 is 2.39 bits per heavy atom. The van der Waals surface area contributed by atoms with Crippen molar-refractivity contribution in [3.05, 3.63) is 72.3 Å². The van der Waals surface area contributed by atoms with E-state index in [1.165, 1.54) is 0 Å². The van der Waals surface area contributed by atoms with E-state index >= 15 is 0 Å². The van der Waals surface area contributed by atoms with Gasteiger partial charge in [0, 0.05) is 11.3 Å². The maximum Gasteiger partial charge on any atom is 0.236 e. The summed E-state index contributed by atoms with van der Waals surface area (Å²) in [6.07, 6.45) is 0. The Kier molecular flexibility index (Phi) is 6.09. The minimum atomic E-state index is -1.17. The van der Waals surface area contributed by atoms with E-state index < -0.39 is 17.7 Å². The first-order chi connectivity index (χ1) is 17.4. The van der Waals surface area contributed by atoms with E-state index in [1.54, 1.807) is 45.6 Å². The van der Waals surface area contributed by atoms with Gasteiger partial charge < -0.3 is 29.6 Å². The van der Waals surface area contributed by atoms with Crippen molar-refractivity contribution < 1.29 is 23.7 Å². The molecular weight excluding hydrogens is 478 g/mol. The van der Waals surface area contributed by atoms with Crippen molar-refractivity contribution in [1.29, 1.82) is 0 Å². The SMILES string of the molecule is COc1ccc(NC(=O)[C@H]2[C@@H]3NC(=S)N(c4ccccc4OC)[C@]2(C)Oc2ccc(OC)cc23)cc1. The van der Waals surface area contributed by atoms with Crippen LogP contribution < -0.4 is 34.5 Å². The molecule has 8 nitrogen and oxygen atoms in total. The summed E-state index contributed by atoms with van der Waals surface area (Å²) in [6.45, 7) is 1.88. The van der Waals surface area contributed by atoms with Gasteiger partial charge >= 0.3 is 0 Å². The van der Waals surface area contributed by atoms with Crippen LogP contribution in [-0.2, 0) is 4.79 Å². The van der Waals surface area contributed by atoms with Gasteiger partial charge in [-0.3, -0.25) is 9.69 Å². The van der Waals surface area contributed by atoms with Crippen molar-refractivity contribution in [1.82, 2.24) is 5.32 Å². The fourth-order valence-electron chi connectivity index (χ4n) is 4.96. The van der Waals surface area contributed by atoms with Gasteiger partial charge in [-0.15, -0.1) is 0 Å². The number of carbonyl (C=O) groups is 1. The molecule has 36 heavy (non-hydrogen) atoms. The van der Waals surface area contributed by atoms with E-state index in [0.29, 0.717) is 39.5 Å². The molecule has 0 aliphatic carbocycles. The van der Waals surface area contributed by atoms with Crippen molar-refractivity contribution in [2.45, 2.75) is 18.7 Å². The van der Waals surface area contributed by atoms with E-state index in [0.717, 1.165) is 5.56 Å². The van der Waals surface area contributed by atoms with Crippen molar-refractivity contribution in [3.8, 4) is 23.0 Å². The van der Waals surface area contributed by atoms with Gasteiger partial charge in [-0.05, 0) is 73.7 Å². The summed E-state index contributed by atoms with van der Waals surface area (Å²) in [6, 6.07) is 19.8. The number of anilines is 2. The molecule has 3 aromatic rings. The third kappa shape index (κ3) is 3.85. The number of nitrogens with one attached hydrogen (secondary N) is 2. The average Bonchev–Trinajstić information content (AvgIpc) is 2.88. The number of ether oxygens (including phenoxy) is 4. The third-order valence-electron chi connectivity index (χ3n) is 6.67. The van der Waals surface area contributed by atoms with Gasteiger partial charge in [0.15, 0.2) is 10.8 Å². The number of nitrogens with zero attached hydrogens (tertiary/aromatic N) is 1. The Labute approximate surface area is 215 Å². The molecule has 186 valence electrons. The van der Waals surface area contributed by atoms with E-state index in [9.17, 15) is 4.79 Å². The molecule has 0 radical (unpaired) electrons. The molecule has 2 aliphatic rings. The zero-order valence-corrected chi connectivity index (χ0v) is 21.2. The van der Waals surface area contributed by atoms with Crippen LogP contribution in [0.1, 0.15) is 18.5 Å². The highest BCUT2D eigenvalue weighted by Gasteiger charge is 2.59. The number of para-hydroxylation sites is 2. The van der Waals surface area contributed by atoms with Gasteiger partial charge in [-0.25, -0.2) is 0 Å². The number of methoxy groups -OCH3 is 3. The summed E-state index contributed by atoms with van der Waals surface area (Å²) in [5.41, 5.74) is 0.964. The molecule has 0 aromatic heterocycles. The number of hydrogen-bond acceptors (Lipinski definition) is 6. The lowest BCUT2D eigenvalue weighted by Crippen LogP contribution is -2.72. The fraction of sp³-hybridized carbons (Fsp3) is 0.259. The summed E-state index contributed by atoms with van der Waals surface area (Å²) < 4.78 is 23.0. The molecule has 1 fully saturated rings. The lowest BCUT2D eigenvalue weighted by atomic mass is 9.78. The molecule has 0 unspecified atom stereocenters. The van der Waals surface area contributed by atoms with Crippen LogP contribution in [0, 0.1) is 5.92 Å². The molecule has 5 rings (SSSR count). The van der Waals surface area contributed by atoms with Crippen molar-refractivity contribution in [2.24, 2.45) is 5.92 Å². The minimum Gasteiger partial charge on any atom is -0.497 e. The highest BCUT2D eigenvalue weighted by molar-refractivity contribution is 7.80. The summed E-state index contributed by atoms with van der Waals surface area (Å²) in [7, 11) is 4.80. The monoisotopic (exact) mass is 505 g/mol. The lowest BCUT2D eigenvalue weighted by Gasteiger charge is -2.56. The van der Waals surface area contributed by atoms with Gasteiger partial charge in [0.2, 0.25) is 5.91 Å². The third-order valence-corrected chi connectivity index (χ3v) is 6.97. The van der Waals surface area contributed by atoms with Crippen LogP contribution in [0.15, 0.2) is 66.7 Å². The molecule has 1 saturated heterocycles. The minimum absolute atomic E-state index is 0.226. The molecule has 0 spiro atoms. The maximum absolute atomic E-state index is 13.9. The summed E-state index contributed by atoms with van der Waals surface area (Å²) in [4.78, 5) is 15.8. The largest absolute Gasteiger partial charge is 0.497 e. The molecule has 3 atom stereocenters. The molecule has 2 heterocycles. The number of benzene rings is 3. The Hall–Kier alpha value is -3.98. The van der Waals surface area contributed by atoms with Gasteiger partial charge in [0.25, 0.3) is 0 Å². The first kappa shape index (κ1) is 23.7.